The number of amides is 3. The first-order chi connectivity index (χ1) is 19.7. The summed E-state index contributed by atoms with van der Waals surface area (Å²) in [6, 6.07) is 12.0. The van der Waals surface area contributed by atoms with Crippen LogP contribution in [0.25, 0.3) is 11.3 Å². The van der Waals surface area contributed by atoms with E-state index < -0.39 is 23.9 Å². The van der Waals surface area contributed by atoms with Gasteiger partial charge in [-0.1, -0.05) is 29.3 Å². The average molecular weight is 601 g/mol. The zero-order chi connectivity index (χ0) is 29.5. The maximum atomic E-state index is 12.6. The fraction of sp³-hybridized carbons (Fsp3) is 0.214. The molecule has 1 aliphatic rings. The molecular weight excluding hydrogens is 575 g/mol. The summed E-state index contributed by atoms with van der Waals surface area (Å²) < 4.78 is 21.9. The van der Waals surface area contributed by atoms with Crippen LogP contribution in [-0.2, 0) is 14.3 Å². The molecule has 2 heterocycles. The van der Waals surface area contributed by atoms with Crippen LogP contribution in [0.1, 0.15) is 31.2 Å². The third kappa shape index (κ3) is 7.19. The number of ether oxygens (including phenoxy) is 3. The molecule has 0 aliphatic carbocycles. The summed E-state index contributed by atoms with van der Waals surface area (Å²) in [6.07, 6.45) is 1.34. The van der Waals surface area contributed by atoms with Gasteiger partial charge in [-0.2, -0.15) is 5.10 Å². The van der Waals surface area contributed by atoms with Crippen molar-refractivity contribution < 1.29 is 33.0 Å². The van der Waals surface area contributed by atoms with Crippen molar-refractivity contribution in [2.75, 3.05) is 20.3 Å². The van der Waals surface area contributed by atoms with Crippen LogP contribution in [0.2, 0.25) is 10.0 Å². The van der Waals surface area contributed by atoms with Gasteiger partial charge in [-0.25, -0.2) is 15.0 Å². The molecular formula is C28H26Cl2N4O7. The molecule has 0 saturated heterocycles. The zero-order valence-electron chi connectivity index (χ0n) is 22.2. The second kappa shape index (κ2) is 13.2. The van der Waals surface area contributed by atoms with Crippen molar-refractivity contribution in [1.29, 1.82) is 0 Å². The Kier molecular flexibility index (Phi) is 9.53. The van der Waals surface area contributed by atoms with Crippen LogP contribution < -0.4 is 25.5 Å². The molecule has 1 atom stereocenters. The number of hydrogen-bond acceptors (Lipinski definition) is 8. The van der Waals surface area contributed by atoms with Gasteiger partial charge in [0, 0.05) is 16.3 Å². The molecule has 214 valence electrons. The Hall–Kier alpha value is -4.48. The number of carbonyl (C=O) groups is 3. The number of hydrogen-bond donors (Lipinski definition) is 3. The van der Waals surface area contributed by atoms with E-state index in [-0.39, 0.29) is 30.3 Å². The lowest BCUT2D eigenvalue weighted by molar-refractivity contribution is -0.139. The molecule has 4 rings (SSSR count). The topological polar surface area (TPSA) is 140 Å². The molecule has 0 spiro atoms. The Labute approximate surface area is 245 Å². The summed E-state index contributed by atoms with van der Waals surface area (Å²) in [7, 11) is 1.43. The van der Waals surface area contributed by atoms with Crippen molar-refractivity contribution in [2.45, 2.75) is 19.9 Å². The van der Waals surface area contributed by atoms with Crippen LogP contribution in [0.3, 0.4) is 0 Å². The SMILES string of the molecule is CCOC(=O)C1=C(C)NC(=O)N[C@@H]1c1ccc(OCC(=O)N/N=C\c2ccc(-c3ccc(Cl)cc3Cl)o2)c(OC)c1. The number of nitrogens with one attached hydrogen (secondary N) is 3. The standard InChI is InChI=1S/C28H26Cl2N4O7/c1-4-39-27(36)25-15(2)32-28(37)33-26(25)16-5-9-22(23(11-16)38-3)40-14-24(35)34-31-13-18-7-10-21(41-18)19-8-6-17(29)12-20(19)30/h5-13,26H,4,14H2,1-3H3,(H,34,35)(H2,32,33,37)/b31-13-/t26-/m1/s1. The number of methoxy groups -OCH3 is 1. The van der Waals surface area contributed by atoms with E-state index in [9.17, 15) is 14.4 Å². The third-order valence-electron chi connectivity index (χ3n) is 5.85. The number of rotatable bonds is 10. The Morgan fingerprint density at radius 2 is 1.93 bits per heavy atom. The Morgan fingerprint density at radius 1 is 1.12 bits per heavy atom. The van der Waals surface area contributed by atoms with Crippen LogP contribution in [-0.4, -0.2) is 44.4 Å². The van der Waals surface area contributed by atoms with Crippen molar-refractivity contribution >= 4 is 47.3 Å². The molecule has 13 heteroatoms. The Bertz CT molecular complexity index is 1530. The van der Waals surface area contributed by atoms with Crippen LogP contribution in [0.5, 0.6) is 11.5 Å². The predicted molar refractivity (Wildman–Crippen MR) is 152 cm³/mol. The fourth-order valence-electron chi connectivity index (χ4n) is 4.01. The minimum Gasteiger partial charge on any atom is -0.493 e. The lowest BCUT2D eigenvalue weighted by atomic mass is 9.95. The molecule has 41 heavy (non-hydrogen) atoms. The quantitative estimate of drug-likeness (QED) is 0.169. The first kappa shape index (κ1) is 29.5. The highest BCUT2D eigenvalue weighted by atomic mass is 35.5. The van der Waals surface area contributed by atoms with Crippen LogP contribution in [0, 0.1) is 0 Å². The number of halogens is 2. The Morgan fingerprint density at radius 3 is 2.66 bits per heavy atom. The normalized spacial score (nSPS) is 14.9. The maximum Gasteiger partial charge on any atom is 0.338 e. The lowest BCUT2D eigenvalue weighted by Crippen LogP contribution is -2.45. The van der Waals surface area contributed by atoms with Gasteiger partial charge >= 0.3 is 12.0 Å². The lowest BCUT2D eigenvalue weighted by Gasteiger charge is -2.28. The maximum absolute atomic E-state index is 12.6. The first-order valence-corrected chi connectivity index (χ1v) is 13.1. The number of allylic oxidation sites excluding steroid dienone is 1. The molecule has 0 fully saturated rings. The number of furan rings is 1. The summed E-state index contributed by atoms with van der Waals surface area (Å²) in [4.78, 5) is 37.0. The summed E-state index contributed by atoms with van der Waals surface area (Å²) in [5, 5.41) is 10.1. The van der Waals surface area contributed by atoms with Gasteiger partial charge in [-0.15, -0.1) is 0 Å². The van der Waals surface area contributed by atoms with Crippen LogP contribution in [0.15, 0.2) is 69.3 Å². The highest BCUT2D eigenvalue weighted by Gasteiger charge is 2.32. The summed E-state index contributed by atoms with van der Waals surface area (Å²) in [6.45, 7) is 3.13. The number of benzene rings is 2. The molecule has 0 saturated carbocycles. The number of hydrazone groups is 1. The minimum atomic E-state index is -0.777. The van der Waals surface area contributed by atoms with Crippen molar-refractivity contribution in [3.05, 3.63) is 81.2 Å². The van der Waals surface area contributed by atoms with Gasteiger partial charge in [0.2, 0.25) is 0 Å². The van der Waals surface area contributed by atoms with Crippen molar-refractivity contribution in [3.63, 3.8) is 0 Å². The van der Waals surface area contributed by atoms with E-state index >= 15 is 0 Å². The second-order valence-electron chi connectivity index (χ2n) is 8.61. The fourth-order valence-corrected chi connectivity index (χ4v) is 4.51. The molecule has 3 amide bonds. The van der Waals surface area contributed by atoms with Gasteiger partial charge < -0.3 is 29.3 Å². The second-order valence-corrected chi connectivity index (χ2v) is 9.45. The summed E-state index contributed by atoms with van der Waals surface area (Å²) >= 11 is 12.2. The highest BCUT2D eigenvalue weighted by Crippen LogP contribution is 2.35. The van der Waals surface area contributed by atoms with Crippen molar-refractivity contribution in [2.24, 2.45) is 5.10 Å². The molecule has 1 aliphatic heterocycles. The smallest absolute Gasteiger partial charge is 0.338 e. The van der Waals surface area contributed by atoms with Gasteiger partial charge in [-0.05, 0) is 61.9 Å². The van der Waals surface area contributed by atoms with E-state index in [4.69, 9.17) is 41.8 Å². The average Bonchev–Trinajstić information content (AvgIpc) is 3.40. The molecule has 11 nitrogen and oxygen atoms in total. The van der Waals surface area contributed by atoms with Crippen LogP contribution in [0.4, 0.5) is 4.79 Å². The van der Waals surface area contributed by atoms with Gasteiger partial charge in [0.25, 0.3) is 5.91 Å². The first-order valence-electron chi connectivity index (χ1n) is 12.3. The Balaban J connectivity index is 1.38. The van der Waals surface area contributed by atoms with E-state index in [2.05, 4.69) is 21.2 Å². The molecule has 0 bridgehead atoms. The van der Waals surface area contributed by atoms with Crippen molar-refractivity contribution in [1.82, 2.24) is 16.1 Å². The predicted octanol–water partition coefficient (Wildman–Crippen LogP) is 4.98. The highest BCUT2D eigenvalue weighted by molar-refractivity contribution is 6.36. The minimum absolute atomic E-state index is 0.180. The van der Waals surface area contributed by atoms with E-state index in [0.717, 1.165) is 0 Å². The van der Waals surface area contributed by atoms with E-state index in [1.165, 1.54) is 13.3 Å². The molecule has 0 unspecified atom stereocenters. The van der Waals surface area contributed by atoms with E-state index in [1.807, 2.05) is 0 Å². The van der Waals surface area contributed by atoms with Gasteiger partial charge in [-0.3, -0.25) is 4.79 Å². The molecule has 2 aromatic carbocycles. The zero-order valence-corrected chi connectivity index (χ0v) is 23.8. The molecule has 3 aromatic rings. The summed E-state index contributed by atoms with van der Waals surface area (Å²) in [5.41, 5.74) is 4.22. The van der Waals surface area contributed by atoms with Crippen LogP contribution >= 0.6 is 23.2 Å². The van der Waals surface area contributed by atoms with Crippen molar-refractivity contribution in [3.8, 4) is 22.8 Å². The van der Waals surface area contributed by atoms with Gasteiger partial charge in [0.05, 0.1) is 36.6 Å². The van der Waals surface area contributed by atoms with Gasteiger partial charge in [0.1, 0.15) is 11.5 Å². The molecule has 3 N–H and O–H groups in total. The number of carbonyl (C=O) groups excluding carboxylic acids is 3. The number of urea groups is 1. The third-order valence-corrected chi connectivity index (χ3v) is 6.40. The summed E-state index contributed by atoms with van der Waals surface area (Å²) in [5.74, 6) is 0.372. The monoisotopic (exact) mass is 600 g/mol. The molecule has 0 radical (unpaired) electrons. The number of nitrogens with zero attached hydrogens (tertiary/aromatic N) is 1. The van der Waals surface area contributed by atoms with Gasteiger partial charge in [0.15, 0.2) is 18.1 Å². The number of esters is 1. The van der Waals surface area contributed by atoms with E-state index in [0.29, 0.717) is 38.4 Å². The largest absolute Gasteiger partial charge is 0.493 e. The molecule has 1 aromatic heterocycles. The van der Waals surface area contributed by atoms with E-state index in [1.54, 1.807) is 62.4 Å².